The van der Waals surface area contributed by atoms with Crippen molar-refractivity contribution in [3.63, 3.8) is 0 Å². The van der Waals surface area contributed by atoms with Gasteiger partial charge in [0, 0.05) is 11.8 Å². The number of halogens is 3. The molecule has 0 aliphatic carbocycles. The number of carbonyl (C=O) groups excluding carboxylic acids is 1. The Morgan fingerprint density at radius 1 is 1.03 bits per heavy atom. The summed E-state index contributed by atoms with van der Waals surface area (Å²) in [7, 11) is 0. The first-order valence-corrected chi connectivity index (χ1v) is 10.4. The third-order valence-corrected chi connectivity index (χ3v) is 5.13. The van der Waals surface area contributed by atoms with E-state index >= 15 is 0 Å². The molecule has 1 heterocycles. The molecule has 0 radical (unpaired) electrons. The van der Waals surface area contributed by atoms with Gasteiger partial charge in [0.15, 0.2) is 0 Å². The summed E-state index contributed by atoms with van der Waals surface area (Å²) < 4.78 is 29.9. The van der Waals surface area contributed by atoms with Gasteiger partial charge in [0.25, 0.3) is 5.56 Å². The number of hydrogen-bond acceptors (Lipinski definition) is 4. The number of amides is 2. The molecule has 2 aromatic carbocycles. The molecule has 0 bridgehead atoms. The molecule has 1 atom stereocenters. The van der Waals surface area contributed by atoms with E-state index in [2.05, 4.69) is 10.6 Å². The van der Waals surface area contributed by atoms with Gasteiger partial charge < -0.3 is 15.7 Å². The molecule has 12 heteroatoms. The molecule has 9 nitrogen and oxygen atoms in total. The average molecular weight is 493 g/mol. The number of benzene rings is 2. The number of rotatable bonds is 8. The number of carboxylic acid groups (broad SMARTS) is 1. The molecule has 3 rings (SSSR count). The van der Waals surface area contributed by atoms with Crippen LogP contribution >= 0.6 is 11.6 Å². The van der Waals surface area contributed by atoms with Gasteiger partial charge in [-0.1, -0.05) is 36.4 Å². The fourth-order valence-electron chi connectivity index (χ4n) is 3.30. The molecule has 34 heavy (non-hydrogen) atoms. The smallest absolute Gasteiger partial charge is 0.405 e. The molecule has 0 spiro atoms. The predicted octanol–water partition coefficient (Wildman–Crippen LogP) is 2.52. The lowest BCUT2D eigenvalue weighted by Crippen LogP contribution is -2.44. The Labute approximate surface area is 196 Å². The maximum atomic E-state index is 14.2. The molecule has 0 aliphatic heterocycles. The highest BCUT2D eigenvalue weighted by atomic mass is 35.5. The van der Waals surface area contributed by atoms with E-state index in [0.717, 1.165) is 29.0 Å². The van der Waals surface area contributed by atoms with E-state index in [1.54, 1.807) is 30.3 Å². The van der Waals surface area contributed by atoms with Crippen molar-refractivity contribution >= 4 is 29.3 Å². The molecule has 0 saturated carbocycles. The van der Waals surface area contributed by atoms with Gasteiger partial charge in [0.2, 0.25) is 5.91 Å². The van der Waals surface area contributed by atoms with E-state index in [4.69, 9.17) is 11.6 Å². The summed E-state index contributed by atoms with van der Waals surface area (Å²) in [5.74, 6) is -3.07. The minimum absolute atomic E-state index is 0.371. The van der Waals surface area contributed by atoms with E-state index in [-0.39, 0.29) is 5.69 Å². The van der Waals surface area contributed by atoms with Gasteiger partial charge in [0.05, 0.1) is 19.1 Å². The zero-order valence-corrected chi connectivity index (χ0v) is 18.3. The van der Waals surface area contributed by atoms with Gasteiger partial charge in [-0.25, -0.2) is 18.4 Å². The number of hydrogen-bond donors (Lipinski definition) is 3. The number of anilines is 1. The summed E-state index contributed by atoms with van der Waals surface area (Å²) in [6.07, 6.45) is -0.443. The monoisotopic (exact) mass is 492 g/mol. The van der Waals surface area contributed by atoms with Crippen LogP contribution in [-0.4, -0.2) is 32.1 Å². The van der Waals surface area contributed by atoms with Crippen LogP contribution in [0.25, 0.3) is 0 Å². The minimum Gasteiger partial charge on any atom is -0.465 e. The fourth-order valence-corrected chi connectivity index (χ4v) is 3.37. The van der Waals surface area contributed by atoms with Crippen molar-refractivity contribution in [2.75, 3.05) is 11.2 Å². The first-order valence-electron chi connectivity index (χ1n) is 9.88. The van der Waals surface area contributed by atoms with Crippen LogP contribution in [0.5, 0.6) is 0 Å². The number of alkyl halides is 1. The van der Waals surface area contributed by atoms with Crippen molar-refractivity contribution in [1.82, 2.24) is 14.5 Å². The second kappa shape index (κ2) is 10.8. The van der Waals surface area contributed by atoms with Crippen molar-refractivity contribution < 1.29 is 23.5 Å². The number of nitrogens with zero attached hydrogens (tertiary/aromatic N) is 2. The molecule has 3 aromatic rings. The third-order valence-electron chi connectivity index (χ3n) is 4.89. The molecular weight excluding hydrogens is 474 g/mol. The van der Waals surface area contributed by atoms with Crippen molar-refractivity contribution in [2.24, 2.45) is 0 Å². The summed E-state index contributed by atoms with van der Waals surface area (Å²) in [5, 5.41) is 13.7. The van der Waals surface area contributed by atoms with Crippen molar-refractivity contribution in [2.45, 2.75) is 19.1 Å². The van der Waals surface area contributed by atoms with Gasteiger partial charge in [-0.05, 0) is 17.7 Å². The molecule has 0 fully saturated rings. The molecule has 0 saturated heterocycles. The Bertz CT molecular complexity index is 1310. The third kappa shape index (κ3) is 5.67. The Balaban J connectivity index is 2.14. The van der Waals surface area contributed by atoms with Crippen LogP contribution in [0.3, 0.4) is 0 Å². The maximum absolute atomic E-state index is 14.2. The van der Waals surface area contributed by atoms with Crippen LogP contribution in [0.4, 0.5) is 19.3 Å². The molecule has 2 amide bonds. The average Bonchev–Trinajstić information content (AvgIpc) is 2.81. The van der Waals surface area contributed by atoms with Crippen LogP contribution in [0.15, 0.2) is 64.3 Å². The lowest BCUT2D eigenvalue weighted by Gasteiger charge is -2.20. The van der Waals surface area contributed by atoms with Gasteiger partial charge in [-0.3, -0.25) is 18.7 Å². The van der Waals surface area contributed by atoms with Crippen molar-refractivity contribution in [1.29, 1.82) is 0 Å². The van der Waals surface area contributed by atoms with E-state index in [9.17, 15) is 33.1 Å². The summed E-state index contributed by atoms with van der Waals surface area (Å²) in [6.45, 7) is -1.05. The van der Waals surface area contributed by atoms with E-state index in [1.807, 2.05) is 0 Å². The molecule has 0 aliphatic rings. The molecule has 0 unspecified atom stereocenters. The summed E-state index contributed by atoms with van der Waals surface area (Å²) in [5.41, 5.74) is -2.26. The van der Waals surface area contributed by atoms with Crippen molar-refractivity contribution in [3.05, 3.63) is 98.3 Å². The summed E-state index contributed by atoms with van der Waals surface area (Å²) in [6, 6.07) is 10.3. The highest BCUT2D eigenvalue weighted by Crippen LogP contribution is 2.16. The van der Waals surface area contributed by atoms with Crippen LogP contribution in [0.2, 0.25) is 0 Å². The van der Waals surface area contributed by atoms with Gasteiger partial charge >= 0.3 is 11.8 Å². The number of aromatic nitrogens is 2. The lowest BCUT2D eigenvalue weighted by molar-refractivity contribution is -0.113. The maximum Gasteiger partial charge on any atom is 0.405 e. The first kappa shape index (κ1) is 24.6. The lowest BCUT2D eigenvalue weighted by atomic mass is 10.1. The summed E-state index contributed by atoms with van der Waals surface area (Å²) in [4.78, 5) is 49.3. The molecule has 178 valence electrons. The SMILES string of the molecule is O=C(O)N[C@@H](Cn1c(=O)c(NC(=O)CCl)cn(Cc2c(F)cccc2F)c1=O)c1ccccc1. The standard InChI is InChI=1S/C22H19ClF2N4O5/c23-9-19(30)26-18-11-28(10-14-15(24)7-4-8-16(14)25)22(34)29(20(18)31)12-17(27-21(32)33)13-5-2-1-3-6-13/h1-8,11,17,27H,9-10,12H2,(H,26,30)(H,32,33)/t17-/m0/s1. The normalized spacial score (nSPS) is 11.6. The minimum atomic E-state index is -1.40. The number of nitrogens with one attached hydrogen (secondary N) is 2. The highest BCUT2D eigenvalue weighted by molar-refractivity contribution is 6.29. The second-order valence-corrected chi connectivity index (χ2v) is 7.43. The van der Waals surface area contributed by atoms with E-state index in [1.165, 1.54) is 0 Å². The van der Waals surface area contributed by atoms with Crippen LogP contribution in [0, 0.1) is 11.6 Å². The summed E-state index contributed by atoms with van der Waals surface area (Å²) >= 11 is 5.49. The quantitative estimate of drug-likeness (QED) is 0.417. The molecule has 3 N–H and O–H groups in total. The van der Waals surface area contributed by atoms with Gasteiger partial charge in [-0.15, -0.1) is 11.6 Å². The first-order chi connectivity index (χ1) is 16.2. The Kier molecular flexibility index (Phi) is 7.79. The highest BCUT2D eigenvalue weighted by Gasteiger charge is 2.21. The largest absolute Gasteiger partial charge is 0.465 e. The molecule has 1 aromatic heterocycles. The second-order valence-electron chi connectivity index (χ2n) is 7.16. The van der Waals surface area contributed by atoms with Gasteiger partial charge in [-0.2, -0.15) is 0 Å². The predicted molar refractivity (Wildman–Crippen MR) is 120 cm³/mol. The topological polar surface area (TPSA) is 122 Å². The van der Waals surface area contributed by atoms with Crippen LogP contribution < -0.4 is 21.9 Å². The van der Waals surface area contributed by atoms with Crippen molar-refractivity contribution in [3.8, 4) is 0 Å². The Morgan fingerprint density at radius 2 is 1.68 bits per heavy atom. The van der Waals surface area contributed by atoms with Gasteiger partial charge in [0.1, 0.15) is 23.2 Å². The van der Waals surface area contributed by atoms with E-state index in [0.29, 0.717) is 10.1 Å². The molecular formula is C22H19ClF2N4O5. The zero-order chi connectivity index (χ0) is 24.8. The van der Waals surface area contributed by atoms with Crippen LogP contribution in [0.1, 0.15) is 17.2 Å². The van der Waals surface area contributed by atoms with Crippen LogP contribution in [-0.2, 0) is 17.9 Å². The zero-order valence-electron chi connectivity index (χ0n) is 17.5. The Hall–Kier alpha value is -3.99. The fraction of sp³-hybridized carbons (Fsp3) is 0.182. The Morgan fingerprint density at radius 3 is 2.26 bits per heavy atom. The number of carbonyl (C=O) groups is 2. The van der Waals surface area contributed by atoms with E-state index < -0.39 is 65.5 Å².